The Balaban J connectivity index is 0. The van der Waals surface area contributed by atoms with E-state index in [-0.39, 0.29) is 30.6 Å². The minimum Gasteiger partial charge on any atom is -1.00 e. The lowest BCUT2D eigenvalue weighted by Gasteiger charge is -2.35. The first-order chi connectivity index (χ1) is 4.39. The zero-order valence-electron chi connectivity index (χ0n) is 8.13. The molecule has 0 fully saturated rings. The Labute approximate surface area is 87.2 Å². The molecule has 2 nitrogen and oxygen atoms in total. The fourth-order valence-corrected chi connectivity index (χ4v) is 1.35. The second-order valence-corrected chi connectivity index (χ2v) is 4.11. The van der Waals surface area contributed by atoms with E-state index in [1.54, 1.807) is 0 Å². The minimum atomic E-state index is 0. The van der Waals surface area contributed by atoms with Gasteiger partial charge in [0.2, 0.25) is 0 Å². The van der Waals surface area contributed by atoms with Crippen LogP contribution in [0.25, 0.3) is 0 Å². The zero-order valence-corrected chi connectivity index (χ0v) is 10.3. The van der Waals surface area contributed by atoms with E-state index in [2.05, 4.69) is 35.0 Å². The smallest absolute Gasteiger partial charge is 0.114 e. The maximum Gasteiger partial charge on any atom is 0.114 e. The maximum atomic E-state index is 9.02. The van der Waals surface area contributed by atoms with Crippen LogP contribution in [0.5, 0.6) is 0 Å². The van der Waals surface area contributed by atoms with Crippen molar-refractivity contribution in [2.75, 3.05) is 27.7 Å². The van der Waals surface area contributed by atoms with Crippen LogP contribution in [0.3, 0.4) is 0 Å². The molecule has 0 saturated heterocycles. The van der Waals surface area contributed by atoms with Crippen molar-refractivity contribution >= 4 is 0 Å². The molecule has 0 aliphatic carbocycles. The summed E-state index contributed by atoms with van der Waals surface area (Å²) in [6.45, 7) is 4.57. The van der Waals surface area contributed by atoms with Crippen LogP contribution in [0.15, 0.2) is 0 Å². The van der Waals surface area contributed by atoms with E-state index >= 15 is 0 Å². The van der Waals surface area contributed by atoms with Crippen LogP contribution in [0.2, 0.25) is 0 Å². The highest BCUT2D eigenvalue weighted by Crippen LogP contribution is 2.11. The molecule has 0 heterocycles. The molecule has 1 unspecified atom stereocenters. The zero-order chi connectivity index (χ0) is 8.36. The standard InChI is InChI=1S/C8H20NO.HI/c1-7(2)8(6-10)9(3,4)5;/h7-8,10H,6H2,1-5H3;1H/q+1;/p-1. The van der Waals surface area contributed by atoms with Crippen LogP contribution in [0, 0.1) is 5.92 Å². The van der Waals surface area contributed by atoms with Crippen LogP contribution >= 0.6 is 0 Å². The highest BCUT2D eigenvalue weighted by Gasteiger charge is 2.25. The number of nitrogens with zero attached hydrogens (tertiary/aromatic N) is 1. The Morgan fingerprint density at radius 3 is 1.55 bits per heavy atom. The van der Waals surface area contributed by atoms with Gasteiger partial charge in [-0.2, -0.15) is 0 Å². The summed E-state index contributed by atoms with van der Waals surface area (Å²) in [4.78, 5) is 0. The molecule has 1 N–H and O–H groups in total. The number of quaternary nitrogens is 1. The van der Waals surface area contributed by atoms with Gasteiger partial charge in [0, 0.05) is 5.92 Å². The fourth-order valence-electron chi connectivity index (χ4n) is 1.35. The molecule has 0 aromatic carbocycles. The molecule has 11 heavy (non-hydrogen) atoms. The Morgan fingerprint density at radius 2 is 1.55 bits per heavy atom. The van der Waals surface area contributed by atoms with Gasteiger partial charge in [-0.1, -0.05) is 13.8 Å². The number of rotatable bonds is 3. The van der Waals surface area contributed by atoms with Gasteiger partial charge in [0.15, 0.2) is 0 Å². The van der Waals surface area contributed by atoms with Gasteiger partial charge in [-0.25, -0.2) is 0 Å². The minimum absolute atomic E-state index is 0. The molecule has 0 aliphatic heterocycles. The van der Waals surface area contributed by atoms with Crippen molar-refractivity contribution in [3.8, 4) is 0 Å². The normalized spacial score (nSPS) is 14.5. The average molecular weight is 273 g/mol. The SMILES string of the molecule is CC(C)C(CO)[N+](C)(C)C.[I-]. The van der Waals surface area contributed by atoms with Crippen molar-refractivity contribution < 1.29 is 33.6 Å². The molecule has 0 amide bonds. The molecule has 0 saturated carbocycles. The first-order valence-electron chi connectivity index (χ1n) is 3.81. The summed E-state index contributed by atoms with van der Waals surface area (Å²) in [6.07, 6.45) is 0. The van der Waals surface area contributed by atoms with Crippen molar-refractivity contribution in [2.24, 2.45) is 5.92 Å². The van der Waals surface area contributed by atoms with Crippen LogP contribution in [-0.2, 0) is 0 Å². The van der Waals surface area contributed by atoms with Gasteiger partial charge in [-0.15, -0.1) is 0 Å². The topological polar surface area (TPSA) is 20.2 Å². The largest absolute Gasteiger partial charge is 1.00 e. The quantitative estimate of drug-likeness (QED) is 0.453. The number of aliphatic hydroxyl groups excluding tert-OH is 1. The molecule has 0 radical (unpaired) electrons. The number of hydrogen-bond donors (Lipinski definition) is 1. The van der Waals surface area contributed by atoms with E-state index in [9.17, 15) is 0 Å². The number of likely N-dealkylation sites (N-methyl/N-ethyl adjacent to an activating group) is 1. The Kier molecular flexibility index (Phi) is 6.87. The van der Waals surface area contributed by atoms with E-state index in [1.165, 1.54) is 0 Å². The van der Waals surface area contributed by atoms with Crippen LogP contribution in [0.4, 0.5) is 0 Å². The molecule has 70 valence electrons. The first kappa shape index (κ1) is 14.2. The van der Waals surface area contributed by atoms with Crippen LogP contribution in [0.1, 0.15) is 13.8 Å². The Morgan fingerprint density at radius 1 is 1.18 bits per heavy atom. The van der Waals surface area contributed by atoms with Gasteiger partial charge in [0.1, 0.15) is 6.04 Å². The molecule has 0 spiro atoms. The summed E-state index contributed by atoms with van der Waals surface area (Å²) in [5.74, 6) is 0.546. The molecule has 0 aromatic rings. The molecule has 0 bridgehead atoms. The van der Waals surface area contributed by atoms with Crippen molar-refractivity contribution in [3.63, 3.8) is 0 Å². The molecule has 1 atom stereocenters. The summed E-state index contributed by atoms with van der Waals surface area (Å²) in [6, 6.07) is 0.361. The second-order valence-electron chi connectivity index (χ2n) is 4.11. The monoisotopic (exact) mass is 273 g/mol. The van der Waals surface area contributed by atoms with E-state index in [0.29, 0.717) is 12.0 Å². The lowest BCUT2D eigenvalue weighted by atomic mass is 10.0. The van der Waals surface area contributed by atoms with E-state index in [0.717, 1.165) is 4.48 Å². The average Bonchev–Trinajstić information content (AvgIpc) is 1.60. The Hall–Kier alpha value is 0.650. The van der Waals surface area contributed by atoms with E-state index in [4.69, 9.17) is 5.11 Å². The Bertz CT molecular complexity index is 98.8. The molecule has 0 rings (SSSR count). The summed E-state index contributed by atoms with van der Waals surface area (Å²) in [5, 5.41) is 9.02. The van der Waals surface area contributed by atoms with Gasteiger partial charge in [-0.05, 0) is 0 Å². The summed E-state index contributed by atoms with van der Waals surface area (Å²) < 4.78 is 0.841. The van der Waals surface area contributed by atoms with Gasteiger partial charge in [0.05, 0.1) is 27.7 Å². The van der Waals surface area contributed by atoms with Gasteiger partial charge < -0.3 is 33.6 Å². The van der Waals surface area contributed by atoms with E-state index < -0.39 is 0 Å². The van der Waals surface area contributed by atoms with Crippen LogP contribution in [-0.4, -0.2) is 43.4 Å². The highest BCUT2D eigenvalue weighted by molar-refractivity contribution is 4.59. The van der Waals surface area contributed by atoms with Gasteiger partial charge in [0.25, 0.3) is 0 Å². The van der Waals surface area contributed by atoms with Crippen molar-refractivity contribution in [2.45, 2.75) is 19.9 Å². The molecule has 0 aromatic heterocycles. The second kappa shape index (κ2) is 5.32. The third-order valence-electron chi connectivity index (χ3n) is 1.95. The molecular formula is C8H20INO. The third-order valence-corrected chi connectivity index (χ3v) is 1.95. The molecule has 0 aliphatic rings. The lowest BCUT2D eigenvalue weighted by Crippen LogP contribution is -3.00. The van der Waals surface area contributed by atoms with Crippen LogP contribution < -0.4 is 24.0 Å². The van der Waals surface area contributed by atoms with Gasteiger partial charge in [-0.3, -0.25) is 0 Å². The summed E-state index contributed by atoms with van der Waals surface area (Å²) in [7, 11) is 6.34. The summed E-state index contributed by atoms with van der Waals surface area (Å²) >= 11 is 0. The number of aliphatic hydroxyl groups is 1. The maximum absolute atomic E-state index is 9.02. The highest BCUT2D eigenvalue weighted by atomic mass is 127. The summed E-state index contributed by atoms with van der Waals surface area (Å²) in [5.41, 5.74) is 0. The number of halogens is 1. The lowest BCUT2D eigenvalue weighted by molar-refractivity contribution is -0.900. The van der Waals surface area contributed by atoms with Crippen molar-refractivity contribution in [1.29, 1.82) is 0 Å². The predicted octanol–water partition coefficient (Wildman–Crippen LogP) is -2.29. The first-order valence-corrected chi connectivity index (χ1v) is 3.81. The predicted molar refractivity (Wildman–Crippen MR) is 43.7 cm³/mol. The number of hydrogen-bond acceptors (Lipinski definition) is 1. The molecule has 3 heteroatoms. The van der Waals surface area contributed by atoms with Crippen molar-refractivity contribution in [3.05, 3.63) is 0 Å². The fraction of sp³-hybridized carbons (Fsp3) is 1.00. The van der Waals surface area contributed by atoms with E-state index in [1.807, 2.05) is 0 Å². The molecular weight excluding hydrogens is 253 g/mol. The van der Waals surface area contributed by atoms with Crippen molar-refractivity contribution in [1.82, 2.24) is 0 Å². The third kappa shape index (κ3) is 4.98. The van der Waals surface area contributed by atoms with Gasteiger partial charge >= 0.3 is 0 Å².